The molecular weight excluding hydrogens is 224 g/mol. The zero-order valence-electron chi connectivity index (χ0n) is 10.3. The molecule has 2 aromatic rings. The lowest BCUT2D eigenvalue weighted by molar-refractivity contribution is 0.169. The first-order valence-corrected chi connectivity index (χ1v) is 6.40. The summed E-state index contributed by atoms with van der Waals surface area (Å²) in [5.41, 5.74) is 5.58. The predicted molar refractivity (Wildman–Crippen MR) is 70.7 cm³/mol. The van der Waals surface area contributed by atoms with Gasteiger partial charge in [-0.05, 0) is 24.5 Å². The first-order valence-electron chi connectivity index (χ1n) is 6.40. The average molecular weight is 242 g/mol. The van der Waals surface area contributed by atoms with E-state index in [1.807, 2.05) is 6.07 Å². The Balaban J connectivity index is 2.01. The van der Waals surface area contributed by atoms with Gasteiger partial charge in [-0.2, -0.15) is 0 Å². The van der Waals surface area contributed by atoms with Crippen LogP contribution in [-0.4, -0.2) is 0 Å². The van der Waals surface area contributed by atoms with Crippen LogP contribution in [0.5, 0.6) is 0 Å². The van der Waals surface area contributed by atoms with E-state index in [1.54, 1.807) is 12.5 Å². The van der Waals surface area contributed by atoms with E-state index < -0.39 is 0 Å². The van der Waals surface area contributed by atoms with Crippen molar-refractivity contribution in [1.82, 2.24) is 5.43 Å². The Hall–Kier alpha value is -1.58. The van der Waals surface area contributed by atoms with E-state index in [2.05, 4.69) is 35.8 Å². The molecule has 1 saturated carbocycles. The van der Waals surface area contributed by atoms with E-state index in [4.69, 9.17) is 10.3 Å². The van der Waals surface area contributed by atoms with Gasteiger partial charge in [-0.1, -0.05) is 36.8 Å². The van der Waals surface area contributed by atoms with Crippen LogP contribution in [0, 0.1) is 0 Å². The Kier molecular flexibility index (Phi) is 2.94. The summed E-state index contributed by atoms with van der Waals surface area (Å²) in [7, 11) is 0. The van der Waals surface area contributed by atoms with Gasteiger partial charge in [0.1, 0.15) is 0 Å². The molecule has 3 nitrogen and oxygen atoms in total. The Morgan fingerprint density at radius 1 is 1.17 bits per heavy atom. The van der Waals surface area contributed by atoms with E-state index in [1.165, 1.54) is 12.0 Å². The highest BCUT2D eigenvalue weighted by molar-refractivity contribution is 5.34. The molecule has 3 heteroatoms. The summed E-state index contributed by atoms with van der Waals surface area (Å²) in [5.74, 6) is 5.81. The average Bonchev–Trinajstić information content (AvgIpc) is 2.88. The van der Waals surface area contributed by atoms with Crippen LogP contribution in [0.4, 0.5) is 0 Å². The SMILES string of the molecule is NNC(c1ccoc1)C1(c2ccccc2)CCC1. The predicted octanol–water partition coefficient (Wildman–Crippen LogP) is 2.91. The molecule has 1 aliphatic rings. The molecule has 1 fully saturated rings. The molecule has 0 aliphatic heterocycles. The summed E-state index contributed by atoms with van der Waals surface area (Å²) < 4.78 is 5.20. The third-order valence-corrected chi connectivity index (χ3v) is 4.19. The molecule has 0 spiro atoms. The van der Waals surface area contributed by atoms with Gasteiger partial charge in [0.25, 0.3) is 0 Å². The van der Waals surface area contributed by atoms with Crippen molar-refractivity contribution < 1.29 is 4.42 Å². The zero-order valence-corrected chi connectivity index (χ0v) is 10.3. The molecule has 18 heavy (non-hydrogen) atoms. The van der Waals surface area contributed by atoms with Crippen LogP contribution in [0.1, 0.15) is 36.4 Å². The van der Waals surface area contributed by atoms with Crippen LogP contribution in [-0.2, 0) is 5.41 Å². The summed E-state index contributed by atoms with van der Waals surface area (Å²) in [6.45, 7) is 0. The highest BCUT2D eigenvalue weighted by Gasteiger charge is 2.46. The summed E-state index contributed by atoms with van der Waals surface area (Å²) in [4.78, 5) is 0. The van der Waals surface area contributed by atoms with Crippen LogP contribution in [0.2, 0.25) is 0 Å². The van der Waals surface area contributed by atoms with Crippen LogP contribution >= 0.6 is 0 Å². The molecule has 1 aliphatic carbocycles. The van der Waals surface area contributed by atoms with Crippen LogP contribution in [0.3, 0.4) is 0 Å². The fraction of sp³-hybridized carbons (Fsp3) is 0.333. The molecule has 3 rings (SSSR count). The van der Waals surface area contributed by atoms with Gasteiger partial charge in [-0.25, -0.2) is 0 Å². The van der Waals surface area contributed by atoms with Crippen molar-refractivity contribution in [2.45, 2.75) is 30.7 Å². The molecule has 0 saturated heterocycles. The standard InChI is InChI=1S/C15H18N2O/c16-17-14(12-7-10-18-11-12)15(8-4-9-15)13-5-2-1-3-6-13/h1-3,5-7,10-11,14,17H,4,8-9,16H2. The molecule has 1 atom stereocenters. The second kappa shape index (κ2) is 4.59. The molecule has 1 aromatic heterocycles. The lowest BCUT2D eigenvalue weighted by Gasteiger charge is -2.47. The van der Waals surface area contributed by atoms with E-state index in [0.717, 1.165) is 18.4 Å². The van der Waals surface area contributed by atoms with Crippen molar-refractivity contribution in [3.63, 3.8) is 0 Å². The minimum atomic E-state index is 0.111. The molecule has 1 unspecified atom stereocenters. The quantitative estimate of drug-likeness (QED) is 0.640. The minimum Gasteiger partial charge on any atom is -0.472 e. The smallest absolute Gasteiger partial charge is 0.0951 e. The van der Waals surface area contributed by atoms with Gasteiger partial charge in [0.2, 0.25) is 0 Å². The van der Waals surface area contributed by atoms with E-state index >= 15 is 0 Å². The summed E-state index contributed by atoms with van der Waals surface area (Å²) in [6, 6.07) is 12.8. The topological polar surface area (TPSA) is 51.2 Å². The molecule has 0 radical (unpaired) electrons. The Labute approximate surface area is 107 Å². The maximum atomic E-state index is 5.81. The Morgan fingerprint density at radius 2 is 1.94 bits per heavy atom. The van der Waals surface area contributed by atoms with Gasteiger partial charge in [0, 0.05) is 11.0 Å². The largest absolute Gasteiger partial charge is 0.472 e. The van der Waals surface area contributed by atoms with Gasteiger partial charge >= 0.3 is 0 Å². The number of rotatable bonds is 4. The van der Waals surface area contributed by atoms with Crippen molar-refractivity contribution in [3.8, 4) is 0 Å². The maximum absolute atomic E-state index is 5.81. The second-order valence-corrected chi connectivity index (χ2v) is 5.03. The minimum absolute atomic E-state index is 0.111. The first kappa shape index (κ1) is 11.5. The van der Waals surface area contributed by atoms with E-state index in [-0.39, 0.29) is 11.5 Å². The number of benzene rings is 1. The molecule has 1 heterocycles. The van der Waals surface area contributed by atoms with Crippen LogP contribution in [0.15, 0.2) is 53.3 Å². The molecule has 0 amide bonds. The lowest BCUT2D eigenvalue weighted by atomic mass is 9.59. The Morgan fingerprint density at radius 3 is 2.44 bits per heavy atom. The fourth-order valence-corrected chi connectivity index (χ4v) is 3.09. The number of nitrogens with two attached hydrogens (primary N) is 1. The zero-order chi connectivity index (χ0) is 12.4. The van der Waals surface area contributed by atoms with E-state index in [0.29, 0.717) is 0 Å². The van der Waals surface area contributed by atoms with Gasteiger partial charge in [0.15, 0.2) is 0 Å². The first-order chi connectivity index (χ1) is 8.87. The maximum Gasteiger partial charge on any atom is 0.0951 e. The van der Waals surface area contributed by atoms with Crippen molar-refractivity contribution in [3.05, 3.63) is 60.1 Å². The highest BCUT2D eigenvalue weighted by atomic mass is 16.3. The van der Waals surface area contributed by atoms with Crippen molar-refractivity contribution in [2.24, 2.45) is 5.84 Å². The molecule has 94 valence electrons. The van der Waals surface area contributed by atoms with Crippen molar-refractivity contribution in [2.75, 3.05) is 0 Å². The second-order valence-electron chi connectivity index (χ2n) is 5.03. The van der Waals surface area contributed by atoms with Gasteiger partial charge < -0.3 is 4.42 Å². The van der Waals surface area contributed by atoms with Crippen molar-refractivity contribution >= 4 is 0 Å². The molecule has 3 N–H and O–H groups in total. The lowest BCUT2D eigenvalue weighted by Crippen LogP contribution is -2.48. The summed E-state index contributed by atoms with van der Waals surface area (Å²) >= 11 is 0. The molecular formula is C15H18N2O. The molecule has 1 aromatic carbocycles. The highest BCUT2D eigenvalue weighted by Crippen LogP contribution is 2.51. The third kappa shape index (κ3) is 1.67. The fourth-order valence-electron chi connectivity index (χ4n) is 3.09. The van der Waals surface area contributed by atoms with E-state index in [9.17, 15) is 0 Å². The Bertz CT molecular complexity index is 488. The number of nitrogens with one attached hydrogen (secondary N) is 1. The van der Waals surface area contributed by atoms with Crippen LogP contribution < -0.4 is 11.3 Å². The number of hydrogen-bond acceptors (Lipinski definition) is 3. The third-order valence-electron chi connectivity index (χ3n) is 4.19. The van der Waals surface area contributed by atoms with Crippen molar-refractivity contribution in [1.29, 1.82) is 0 Å². The van der Waals surface area contributed by atoms with Crippen LogP contribution in [0.25, 0.3) is 0 Å². The number of furan rings is 1. The van der Waals surface area contributed by atoms with Gasteiger partial charge in [0.05, 0.1) is 18.6 Å². The normalized spacial score (nSPS) is 19.2. The summed E-state index contributed by atoms with van der Waals surface area (Å²) in [5, 5.41) is 0. The number of hydrazine groups is 1. The molecule has 0 bridgehead atoms. The van der Waals surface area contributed by atoms with Gasteiger partial charge in [-0.15, -0.1) is 0 Å². The van der Waals surface area contributed by atoms with Gasteiger partial charge in [-0.3, -0.25) is 11.3 Å². The monoisotopic (exact) mass is 242 g/mol. The number of hydrogen-bond donors (Lipinski definition) is 2. The summed E-state index contributed by atoms with van der Waals surface area (Å²) in [6.07, 6.45) is 7.07.